The summed E-state index contributed by atoms with van der Waals surface area (Å²) < 4.78 is 1.00. The number of amides is 1. The van der Waals surface area contributed by atoms with Crippen molar-refractivity contribution in [2.24, 2.45) is 0 Å². The van der Waals surface area contributed by atoms with Gasteiger partial charge in [0.15, 0.2) is 0 Å². The minimum atomic E-state index is -0.615. The number of benzene rings is 1. The average molecular weight is 380 g/mol. The highest BCUT2D eigenvalue weighted by molar-refractivity contribution is 9.10. The van der Waals surface area contributed by atoms with Gasteiger partial charge in [0.25, 0.3) is 0 Å². The van der Waals surface area contributed by atoms with Crippen LogP contribution in [0.25, 0.3) is 6.08 Å². The minimum Gasteiger partial charge on any atom is -0.391 e. The van der Waals surface area contributed by atoms with Crippen molar-refractivity contribution in [1.82, 2.24) is 5.32 Å². The first-order chi connectivity index (χ1) is 10.5. The molecule has 1 heterocycles. The molecule has 3 nitrogen and oxygen atoms in total. The van der Waals surface area contributed by atoms with Crippen LogP contribution in [0.1, 0.15) is 17.4 Å². The van der Waals surface area contributed by atoms with Gasteiger partial charge in [0.1, 0.15) is 0 Å². The highest BCUT2D eigenvalue weighted by Crippen LogP contribution is 2.20. The molecule has 0 saturated carbocycles. The molecule has 0 aliphatic rings. The van der Waals surface area contributed by atoms with Gasteiger partial charge in [0.2, 0.25) is 5.91 Å². The largest absolute Gasteiger partial charge is 0.391 e. The number of rotatable bonds is 6. The molecule has 0 aliphatic carbocycles. The van der Waals surface area contributed by atoms with Crippen LogP contribution in [-0.2, 0) is 11.2 Å². The molecule has 1 aromatic heterocycles. The van der Waals surface area contributed by atoms with Gasteiger partial charge in [0, 0.05) is 27.2 Å². The molecule has 1 amide bonds. The topological polar surface area (TPSA) is 49.3 Å². The SMILES string of the molecule is CC(NC(=O)C=Cc1cc(Br)cs1)C(O)Cc1ccccc1. The molecule has 2 aromatic rings. The molecule has 0 radical (unpaired) electrons. The number of hydrogen-bond donors (Lipinski definition) is 2. The van der Waals surface area contributed by atoms with Crippen molar-refractivity contribution in [2.75, 3.05) is 0 Å². The normalized spacial score (nSPS) is 14.0. The number of nitrogens with one attached hydrogen (secondary N) is 1. The second-order valence-corrected chi connectivity index (χ2v) is 6.91. The lowest BCUT2D eigenvalue weighted by molar-refractivity contribution is -0.117. The molecule has 2 unspecified atom stereocenters. The monoisotopic (exact) mass is 379 g/mol. The minimum absolute atomic E-state index is 0.205. The van der Waals surface area contributed by atoms with Crippen LogP contribution in [0.5, 0.6) is 0 Å². The predicted octanol–water partition coefficient (Wildman–Crippen LogP) is 3.63. The summed E-state index contributed by atoms with van der Waals surface area (Å²) in [6, 6.07) is 11.4. The summed E-state index contributed by atoms with van der Waals surface area (Å²) >= 11 is 4.93. The third-order valence-corrected chi connectivity index (χ3v) is 4.88. The highest BCUT2D eigenvalue weighted by atomic mass is 79.9. The van der Waals surface area contributed by atoms with Crippen LogP contribution in [0.4, 0.5) is 0 Å². The van der Waals surface area contributed by atoms with Gasteiger partial charge in [-0.15, -0.1) is 11.3 Å². The summed E-state index contributed by atoms with van der Waals surface area (Å²) in [7, 11) is 0. The van der Waals surface area contributed by atoms with Crippen LogP contribution in [0.3, 0.4) is 0 Å². The maximum absolute atomic E-state index is 11.9. The molecule has 0 spiro atoms. The van der Waals surface area contributed by atoms with Crippen LogP contribution < -0.4 is 5.32 Å². The zero-order valence-corrected chi connectivity index (χ0v) is 14.6. The van der Waals surface area contributed by atoms with E-state index in [0.717, 1.165) is 14.9 Å². The number of carbonyl (C=O) groups is 1. The fourth-order valence-corrected chi connectivity index (χ4v) is 3.31. The number of aliphatic hydroxyl groups excluding tert-OH is 1. The van der Waals surface area contributed by atoms with Gasteiger partial charge in [-0.3, -0.25) is 4.79 Å². The molecule has 5 heteroatoms. The van der Waals surface area contributed by atoms with Crippen molar-refractivity contribution in [3.8, 4) is 0 Å². The van der Waals surface area contributed by atoms with E-state index in [-0.39, 0.29) is 11.9 Å². The molecule has 22 heavy (non-hydrogen) atoms. The van der Waals surface area contributed by atoms with Gasteiger partial charge in [-0.05, 0) is 40.6 Å². The fraction of sp³-hybridized carbons (Fsp3) is 0.235. The predicted molar refractivity (Wildman–Crippen MR) is 94.8 cm³/mol. The van der Waals surface area contributed by atoms with Crippen LogP contribution in [-0.4, -0.2) is 23.2 Å². The Bertz CT molecular complexity index is 639. The van der Waals surface area contributed by atoms with Crippen molar-refractivity contribution in [3.63, 3.8) is 0 Å². The summed E-state index contributed by atoms with van der Waals surface area (Å²) in [6.45, 7) is 1.81. The molecular formula is C17H18BrNO2S. The Morgan fingerprint density at radius 1 is 1.41 bits per heavy atom. The maximum Gasteiger partial charge on any atom is 0.244 e. The van der Waals surface area contributed by atoms with Gasteiger partial charge in [-0.25, -0.2) is 0 Å². The van der Waals surface area contributed by atoms with E-state index in [2.05, 4.69) is 21.2 Å². The van der Waals surface area contributed by atoms with E-state index in [1.54, 1.807) is 24.3 Å². The van der Waals surface area contributed by atoms with Gasteiger partial charge in [0.05, 0.1) is 12.1 Å². The number of thiophene rings is 1. The van der Waals surface area contributed by atoms with Gasteiger partial charge < -0.3 is 10.4 Å². The van der Waals surface area contributed by atoms with E-state index in [9.17, 15) is 9.90 Å². The Hall–Kier alpha value is -1.43. The molecule has 2 rings (SSSR count). The van der Waals surface area contributed by atoms with Gasteiger partial charge in [-0.1, -0.05) is 30.3 Å². The lowest BCUT2D eigenvalue weighted by atomic mass is 10.0. The fourth-order valence-electron chi connectivity index (χ4n) is 1.97. The molecular weight excluding hydrogens is 362 g/mol. The summed E-state index contributed by atoms with van der Waals surface area (Å²) in [6.07, 6.45) is 3.16. The van der Waals surface area contributed by atoms with Crippen LogP contribution >= 0.6 is 27.3 Å². The second-order valence-electron chi connectivity index (χ2n) is 5.05. The molecule has 116 valence electrons. The second kappa shape index (κ2) is 8.27. The van der Waals surface area contributed by atoms with Crippen molar-refractivity contribution < 1.29 is 9.90 Å². The quantitative estimate of drug-likeness (QED) is 0.752. The molecule has 0 saturated heterocycles. The zero-order chi connectivity index (χ0) is 15.9. The Labute approximate surface area is 142 Å². The van der Waals surface area contributed by atoms with Crippen molar-refractivity contribution in [1.29, 1.82) is 0 Å². The van der Waals surface area contributed by atoms with Gasteiger partial charge in [-0.2, -0.15) is 0 Å². The highest BCUT2D eigenvalue weighted by Gasteiger charge is 2.15. The first-order valence-corrected chi connectivity index (χ1v) is 8.66. The van der Waals surface area contributed by atoms with Crippen molar-refractivity contribution >= 4 is 39.2 Å². The third kappa shape index (κ3) is 5.40. The van der Waals surface area contributed by atoms with E-state index in [1.807, 2.05) is 41.8 Å². The smallest absolute Gasteiger partial charge is 0.244 e. The summed E-state index contributed by atoms with van der Waals surface area (Å²) in [4.78, 5) is 12.9. The lowest BCUT2D eigenvalue weighted by Gasteiger charge is -2.19. The van der Waals surface area contributed by atoms with E-state index < -0.39 is 6.10 Å². The van der Waals surface area contributed by atoms with E-state index >= 15 is 0 Å². The summed E-state index contributed by atoms with van der Waals surface area (Å²) in [5, 5.41) is 14.9. The molecule has 0 fully saturated rings. The standard InChI is InChI=1S/C17H18BrNO2S/c1-12(16(20)9-13-5-3-2-4-6-13)19-17(21)8-7-15-10-14(18)11-22-15/h2-8,10-12,16,20H,9H2,1H3,(H,19,21). The molecule has 0 bridgehead atoms. The summed E-state index contributed by atoms with van der Waals surface area (Å²) in [5.74, 6) is -0.205. The van der Waals surface area contributed by atoms with E-state index in [0.29, 0.717) is 6.42 Å². The van der Waals surface area contributed by atoms with Crippen molar-refractivity contribution in [3.05, 3.63) is 62.8 Å². The van der Waals surface area contributed by atoms with Gasteiger partial charge >= 0.3 is 0 Å². The van der Waals surface area contributed by atoms with Crippen LogP contribution in [0.2, 0.25) is 0 Å². The average Bonchev–Trinajstić information content (AvgIpc) is 2.92. The van der Waals surface area contributed by atoms with E-state index in [4.69, 9.17) is 0 Å². The Balaban J connectivity index is 1.84. The number of halogens is 1. The first-order valence-electron chi connectivity index (χ1n) is 6.99. The van der Waals surface area contributed by atoms with E-state index in [1.165, 1.54) is 6.08 Å². The number of hydrogen-bond acceptors (Lipinski definition) is 3. The van der Waals surface area contributed by atoms with Crippen LogP contribution in [0.15, 0.2) is 52.3 Å². The summed E-state index contributed by atoms with van der Waals surface area (Å²) in [5.41, 5.74) is 1.05. The third-order valence-electron chi connectivity index (χ3n) is 3.22. The Morgan fingerprint density at radius 3 is 2.77 bits per heavy atom. The van der Waals surface area contributed by atoms with Crippen molar-refractivity contribution in [2.45, 2.75) is 25.5 Å². The molecule has 2 N–H and O–H groups in total. The number of carbonyl (C=O) groups excluding carboxylic acids is 1. The maximum atomic E-state index is 11.9. The van der Waals surface area contributed by atoms with Crippen LogP contribution in [0, 0.1) is 0 Å². The number of aliphatic hydroxyl groups is 1. The first kappa shape index (κ1) is 16.9. The zero-order valence-electron chi connectivity index (χ0n) is 12.2. The molecule has 2 atom stereocenters. The Morgan fingerprint density at radius 2 is 2.14 bits per heavy atom. The lowest BCUT2D eigenvalue weighted by Crippen LogP contribution is -2.41. The molecule has 1 aromatic carbocycles. The molecule has 0 aliphatic heterocycles. The Kier molecular flexibility index (Phi) is 6.36.